The zero-order valence-corrected chi connectivity index (χ0v) is 12.3. The molecule has 1 N–H and O–H groups in total. The number of amides is 1. The Kier molecular flexibility index (Phi) is 3.51. The average molecular weight is 264 g/mol. The van der Waals surface area contributed by atoms with Crippen molar-refractivity contribution in [3.63, 3.8) is 0 Å². The average Bonchev–Trinajstić information content (AvgIpc) is 2.67. The van der Waals surface area contributed by atoms with E-state index in [0.29, 0.717) is 11.8 Å². The lowest BCUT2D eigenvalue weighted by Gasteiger charge is -2.29. The van der Waals surface area contributed by atoms with Gasteiger partial charge in [0.25, 0.3) is 0 Å². The highest BCUT2D eigenvalue weighted by Crippen LogP contribution is 2.50. The minimum absolute atomic E-state index is 0.169. The summed E-state index contributed by atoms with van der Waals surface area (Å²) < 4.78 is 5.33. The van der Waals surface area contributed by atoms with Crippen molar-refractivity contribution in [2.75, 3.05) is 0 Å². The maximum atomic E-state index is 11.9. The van der Waals surface area contributed by atoms with Crippen molar-refractivity contribution in [2.24, 2.45) is 17.8 Å². The predicted molar refractivity (Wildman–Crippen MR) is 72.3 cm³/mol. The first-order chi connectivity index (χ1) is 8.71. The summed E-state index contributed by atoms with van der Waals surface area (Å²) in [5.41, 5.74) is -0.626. The van der Waals surface area contributed by atoms with E-state index in [0.717, 1.165) is 25.7 Å². The van der Waals surface area contributed by atoms with Crippen molar-refractivity contribution in [3.05, 3.63) is 0 Å². The number of rotatable bonds is 1. The summed E-state index contributed by atoms with van der Waals surface area (Å²) in [6.07, 6.45) is 3.59. The fourth-order valence-electron chi connectivity index (χ4n) is 3.71. The highest BCUT2D eigenvalue weighted by molar-refractivity contribution is 5.68. The van der Waals surface area contributed by atoms with Gasteiger partial charge in [-0.15, -0.1) is 0 Å². The zero-order chi connectivity index (χ0) is 14.3. The molecule has 4 atom stereocenters. The molecular formula is C15H24N2O2. The van der Waals surface area contributed by atoms with E-state index in [1.807, 2.05) is 20.8 Å². The van der Waals surface area contributed by atoms with Gasteiger partial charge in [0, 0.05) is 11.5 Å². The van der Waals surface area contributed by atoms with E-state index in [2.05, 4.69) is 18.3 Å². The molecule has 2 aliphatic carbocycles. The van der Waals surface area contributed by atoms with Crippen LogP contribution < -0.4 is 5.32 Å². The lowest BCUT2D eigenvalue weighted by Crippen LogP contribution is -2.46. The van der Waals surface area contributed by atoms with Gasteiger partial charge in [0.05, 0.1) is 6.07 Å². The SMILES string of the molecule is CC(C)(C)OC(=O)N[C@]1(C)C[C@H]2CC(C#N)C[C@H]2C1. The van der Waals surface area contributed by atoms with Crippen molar-refractivity contribution in [3.8, 4) is 6.07 Å². The Morgan fingerprint density at radius 2 is 1.84 bits per heavy atom. The fourth-order valence-corrected chi connectivity index (χ4v) is 3.71. The van der Waals surface area contributed by atoms with Crippen LogP contribution in [0.15, 0.2) is 0 Å². The molecule has 19 heavy (non-hydrogen) atoms. The smallest absolute Gasteiger partial charge is 0.408 e. The maximum absolute atomic E-state index is 11.9. The molecular weight excluding hydrogens is 240 g/mol. The van der Waals surface area contributed by atoms with Crippen molar-refractivity contribution < 1.29 is 9.53 Å². The Morgan fingerprint density at radius 3 is 2.26 bits per heavy atom. The molecule has 0 aromatic carbocycles. The largest absolute Gasteiger partial charge is 0.444 e. The molecule has 2 rings (SSSR count). The number of carbonyl (C=O) groups is 1. The third-order valence-corrected chi connectivity index (χ3v) is 4.25. The Balaban J connectivity index is 1.90. The standard InChI is InChI=1S/C15H24N2O2/c1-14(2,3)19-13(18)17-15(4)7-11-5-10(9-16)6-12(11)8-15/h10-12H,5-8H2,1-4H3,(H,17,18)/t10?,11-,12+,15-. The number of hydrogen-bond donors (Lipinski definition) is 1. The molecule has 4 heteroatoms. The second-order valence-corrected chi connectivity index (χ2v) is 7.41. The lowest BCUT2D eigenvalue weighted by molar-refractivity contribution is 0.0461. The second-order valence-electron chi connectivity index (χ2n) is 7.41. The van der Waals surface area contributed by atoms with Crippen molar-refractivity contribution >= 4 is 6.09 Å². The number of alkyl carbamates (subject to hydrolysis) is 1. The van der Waals surface area contributed by atoms with E-state index in [1.165, 1.54) is 0 Å². The molecule has 106 valence electrons. The van der Waals surface area contributed by atoms with Gasteiger partial charge in [-0.1, -0.05) is 0 Å². The highest BCUT2D eigenvalue weighted by atomic mass is 16.6. The van der Waals surface area contributed by atoms with E-state index in [9.17, 15) is 4.79 Å². The van der Waals surface area contributed by atoms with Crippen LogP contribution in [0.5, 0.6) is 0 Å². The summed E-state index contributed by atoms with van der Waals surface area (Å²) in [6, 6.07) is 2.38. The van der Waals surface area contributed by atoms with E-state index in [1.54, 1.807) is 0 Å². The van der Waals surface area contributed by atoms with Crippen LogP contribution in [0, 0.1) is 29.1 Å². The van der Waals surface area contributed by atoms with Crippen LogP contribution in [0.3, 0.4) is 0 Å². The Morgan fingerprint density at radius 1 is 1.32 bits per heavy atom. The molecule has 1 amide bonds. The third-order valence-electron chi connectivity index (χ3n) is 4.25. The van der Waals surface area contributed by atoms with Gasteiger partial charge in [-0.05, 0) is 65.2 Å². The number of fused-ring (bicyclic) bond motifs is 1. The van der Waals surface area contributed by atoms with E-state index >= 15 is 0 Å². The topological polar surface area (TPSA) is 62.1 Å². The quantitative estimate of drug-likeness (QED) is 0.791. The molecule has 0 radical (unpaired) electrons. The van der Waals surface area contributed by atoms with Crippen LogP contribution in [-0.4, -0.2) is 17.2 Å². The minimum Gasteiger partial charge on any atom is -0.444 e. The van der Waals surface area contributed by atoms with Gasteiger partial charge in [-0.2, -0.15) is 5.26 Å². The first-order valence-electron chi connectivity index (χ1n) is 7.11. The molecule has 0 saturated heterocycles. The molecule has 4 nitrogen and oxygen atoms in total. The van der Waals surface area contributed by atoms with Crippen molar-refractivity contribution in [2.45, 2.75) is 64.5 Å². The van der Waals surface area contributed by atoms with Gasteiger partial charge in [0.1, 0.15) is 5.60 Å². The number of nitriles is 1. The van der Waals surface area contributed by atoms with Crippen LogP contribution in [-0.2, 0) is 4.74 Å². The molecule has 2 fully saturated rings. The summed E-state index contributed by atoms with van der Waals surface area (Å²) in [4.78, 5) is 11.9. The Hall–Kier alpha value is -1.24. The summed E-state index contributed by atoms with van der Waals surface area (Å²) in [7, 11) is 0. The molecule has 0 aromatic heterocycles. The van der Waals surface area contributed by atoms with Gasteiger partial charge < -0.3 is 10.1 Å². The first kappa shape index (κ1) is 14.2. The Bertz CT molecular complexity index is 391. The Labute approximate surface area is 115 Å². The number of hydrogen-bond acceptors (Lipinski definition) is 3. The van der Waals surface area contributed by atoms with E-state index in [-0.39, 0.29) is 17.6 Å². The molecule has 2 aliphatic rings. The van der Waals surface area contributed by atoms with Crippen LogP contribution in [0.25, 0.3) is 0 Å². The van der Waals surface area contributed by atoms with Gasteiger partial charge in [-0.25, -0.2) is 4.79 Å². The maximum Gasteiger partial charge on any atom is 0.408 e. The van der Waals surface area contributed by atoms with E-state index < -0.39 is 5.60 Å². The normalized spacial score (nSPS) is 37.5. The highest BCUT2D eigenvalue weighted by Gasteiger charge is 2.48. The first-order valence-corrected chi connectivity index (χ1v) is 7.11. The van der Waals surface area contributed by atoms with Crippen molar-refractivity contribution in [1.82, 2.24) is 5.32 Å². The van der Waals surface area contributed by atoms with Crippen LogP contribution in [0.4, 0.5) is 4.79 Å². The number of carbonyl (C=O) groups excluding carboxylic acids is 1. The molecule has 0 aromatic rings. The van der Waals surface area contributed by atoms with Gasteiger partial charge in [0.2, 0.25) is 0 Å². The molecule has 0 bridgehead atoms. The number of nitrogens with zero attached hydrogens (tertiary/aromatic N) is 1. The summed E-state index contributed by atoms with van der Waals surface area (Å²) >= 11 is 0. The summed E-state index contributed by atoms with van der Waals surface area (Å²) in [6.45, 7) is 7.71. The molecule has 0 aliphatic heterocycles. The van der Waals surface area contributed by atoms with Crippen LogP contribution in [0.2, 0.25) is 0 Å². The molecule has 2 saturated carbocycles. The van der Waals surface area contributed by atoms with Crippen LogP contribution >= 0.6 is 0 Å². The zero-order valence-electron chi connectivity index (χ0n) is 12.3. The van der Waals surface area contributed by atoms with Gasteiger partial charge in [0.15, 0.2) is 0 Å². The fraction of sp³-hybridized carbons (Fsp3) is 0.867. The van der Waals surface area contributed by atoms with Crippen molar-refractivity contribution in [1.29, 1.82) is 5.26 Å². The number of nitrogens with one attached hydrogen (secondary N) is 1. The summed E-state index contributed by atoms with van der Waals surface area (Å²) in [5.74, 6) is 1.40. The second kappa shape index (κ2) is 4.70. The molecule has 0 spiro atoms. The predicted octanol–water partition coefficient (Wildman–Crippen LogP) is 3.23. The third kappa shape index (κ3) is 3.40. The monoisotopic (exact) mass is 264 g/mol. The van der Waals surface area contributed by atoms with Gasteiger partial charge >= 0.3 is 6.09 Å². The van der Waals surface area contributed by atoms with Gasteiger partial charge in [-0.3, -0.25) is 0 Å². The number of ether oxygens (including phenoxy) is 1. The van der Waals surface area contributed by atoms with E-state index in [4.69, 9.17) is 10.00 Å². The van der Waals surface area contributed by atoms with Crippen LogP contribution in [0.1, 0.15) is 53.4 Å². The molecule has 1 unspecified atom stereocenters. The summed E-state index contributed by atoms with van der Waals surface area (Å²) in [5, 5.41) is 12.0. The minimum atomic E-state index is -0.458. The lowest BCUT2D eigenvalue weighted by atomic mass is 9.94. The molecule has 0 heterocycles.